The van der Waals surface area contributed by atoms with Gasteiger partial charge in [-0.15, -0.1) is 0 Å². The van der Waals surface area contributed by atoms with Gasteiger partial charge in [0, 0.05) is 18.3 Å². The SMILES string of the molecule is CCOc1cc(CN)ccc1Oc1ccc2c(n1)CCC2. The van der Waals surface area contributed by atoms with Gasteiger partial charge in [-0.1, -0.05) is 12.1 Å². The number of hydrogen-bond acceptors (Lipinski definition) is 4. The summed E-state index contributed by atoms with van der Waals surface area (Å²) in [5, 5.41) is 0. The van der Waals surface area contributed by atoms with Crippen LogP contribution in [0.1, 0.15) is 30.2 Å². The molecule has 1 heterocycles. The average Bonchev–Trinajstić information content (AvgIpc) is 2.97. The maximum atomic E-state index is 5.91. The molecule has 1 aliphatic carbocycles. The molecule has 0 amide bonds. The van der Waals surface area contributed by atoms with E-state index in [1.54, 1.807) is 0 Å². The Morgan fingerprint density at radius 1 is 1.14 bits per heavy atom. The lowest BCUT2D eigenvalue weighted by Crippen LogP contribution is -2.00. The molecule has 3 rings (SSSR count). The normalized spacial score (nSPS) is 13.0. The summed E-state index contributed by atoms with van der Waals surface area (Å²) < 4.78 is 11.5. The highest BCUT2D eigenvalue weighted by Gasteiger charge is 2.14. The van der Waals surface area contributed by atoms with Crippen molar-refractivity contribution in [3.63, 3.8) is 0 Å². The molecule has 2 aromatic rings. The van der Waals surface area contributed by atoms with Crippen LogP contribution in [0.3, 0.4) is 0 Å². The van der Waals surface area contributed by atoms with Gasteiger partial charge in [0.25, 0.3) is 0 Å². The van der Waals surface area contributed by atoms with Crippen molar-refractivity contribution >= 4 is 0 Å². The Balaban J connectivity index is 1.86. The van der Waals surface area contributed by atoms with E-state index in [1.165, 1.54) is 12.0 Å². The maximum absolute atomic E-state index is 5.91. The van der Waals surface area contributed by atoms with Gasteiger partial charge in [0.05, 0.1) is 6.61 Å². The number of aromatic nitrogens is 1. The van der Waals surface area contributed by atoms with E-state index in [1.807, 2.05) is 31.2 Å². The van der Waals surface area contributed by atoms with E-state index >= 15 is 0 Å². The van der Waals surface area contributed by atoms with Gasteiger partial charge in [-0.3, -0.25) is 0 Å². The number of pyridine rings is 1. The lowest BCUT2D eigenvalue weighted by Gasteiger charge is -2.12. The van der Waals surface area contributed by atoms with Crippen molar-refractivity contribution in [2.24, 2.45) is 5.73 Å². The molecule has 0 saturated carbocycles. The molecule has 0 saturated heterocycles. The number of nitrogens with zero attached hydrogens (tertiary/aromatic N) is 1. The first-order valence-electron chi connectivity index (χ1n) is 7.42. The fourth-order valence-electron chi connectivity index (χ4n) is 2.60. The van der Waals surface area contributed by atoms with Gasteiger partial charge in [0.15, 0.2) is 11.5 Å². The zero-order valence-corrected chi connectivity index (χ0v) is 12.3. The second-order valence-corrected chi connectivity index (χ2v) is 5.13. The Bertz CT molecular complexity index is 641. The summed E-state index contributed by atoms with van der Waals surface area (Å²) in [5.41, 5.74) is 9.19. The molecule has 0 atom stereocenters. The van der Waals surface area contributed by atoms with Gasteiger partial charge in [0.2, 0.25) is 5.88 Å². The quantitative estimate of drug-likeness (QED) is 0.916. The van der Waals surface area contributed by atoms with Gasteiger partial charge in [-0.05, 0) is 49.4 Å². The fraction of sp³-hybridized carbons (Fsp3) is 0.353. The minimum Gasteiger partial charge on any atom is -0.490 e. The van der Waals surface area contributed by atoms with E-state index in [2.05, 4.69) is 11.1 Å². The van der Waals surface area contributed by atoms with E-state index in [4.69, 9.17) is 15.2 Å². The Hall–Kier alpha value is -2.07. The molecular weight excluding hydrogens is 264 g/mol. The molecule has 110 valence electrons. The van der Waals surface area contributed by atoms with Crippen LogP contribution < -0.4 is 15.2 Å². The van der Waals surface area contributed by atoms with Gasteiger partial charge >= 0.3 is 0 Å². The summed E-state index contributed by atoms with van der Waals surface area (Å²) in [4.78, 5) is 4.59. The van der Waals surface area contributed by atoms with E-state index in [0.717, 1.165) is 24.1 Å². The van der Waals surface area contributed by atoms with Crippen molar-refractivity contribution in [2.45, 2.75) is 32.7 Å². The third-order valence-corrected chi connectivity index (χ3v) is 3.66. The molecule has 21 heavy (non-hydrogen) atoms. The van der Waals surface area contributed by atoms with E-state index < -0.39 is 0 Å². The number of nitrogens with two attached hydrogens (primary N) is 1. The van der Waals surface area contributed by atoms with Gasteiger partial charge < -0.3 is 15.2 Å². The third kappa shape index (κ3) is 3.00. The maximum Gasteiger partial charge on any atom is 0.219 e. The van der Waals surface area contributed by atoms with Crippen molar-refractivity contribution in [1.82, 2.24) is 4.98 Å². The Morgan fingerprint density at radius 2 is 2.05 bits per heavy atom. The minimum atomic E-state index is 0.484. The number of fused-ring (bicyclic) bond motifs is 1. The van der Waals surface area contributed by atoms with Crippen LogP contribution in [0, 0.1) is 0 Å². The van der Waals surface area contributed by atoms with Crippen molar-refractivity contribution < 1.29 is 9.47 Å². The van der Waals surface area contributed by atoms with Crippen LogP contribution in [0.25, 0.3) is 0 Å². The van der Waals surface area contributed by atoms with Crippen LogP contribution in [-0.2, 0) is 19.4 Å². The van der Waals surface area contributed by atoms with Crippen molar-refractivity contribution in [2.75, 3.05) is 6.61 Å². The number of rotatable bonds is 5. The second kappa shape index (κ2) is 6.14. The highest BCUT2D eigenvalue weighted by molar-refractivity contribution is 5.45. The van der Waals surface area contributed by atoms with Gasteiger partial charge in [-0.25, -0.2) is 4.98 Å². The van der Waals surface area contributed by atoms with E-state index in [-0.39, 0.29) is 0 Å². The van der Waals surface area contributed by atoms with Crippen molar-refractivity contribution in [1.29, 1.82) is 0 Å². The van der Waals surface area contributed by atoms with Crippen molar-refractivity contribution in [3.05, 3.63) is 47.2 Å². The summed E-state index contributed by atoms with van der Waals surface area (Å²) in [5.74, 6) is 2.01. The number of hydrogen-bond donors (Lipinski definition) is 1. The van der Waals surface area contributed by atoms with E-state index in [0.29, 0.717) is 30.5 Å². The molecule has 0 aliphatic heterocycles. The molecule has 0 spiro atoms. The monoisotopic (exact) mass is 284 g/mol. The molecule has 1 aromatic heterocycles. The second-order valence-electron chi connectivity index (χ2n) is 5.13. The molecule has 2 N–H and O–H groups in total. The molecular formula is C17H20N2O2. The zero-order chi connectivity index (χ0) is 14.7. The summed E-state index contributed by atoms with van der Waals surface area (Å²) >= 11 is 0. The molecule has 0 unspecified atom stereocenters. The Labute approximate surface area is 124 Å². The average molecular weight is 284 g/mol. The largest absolute Gasteiger partial charge is 0.490 e. The van der Waals surface area contributed by atoms with E-state index in [9.17, 15) is 0 Å². The summed E-state index contributed by atoms with van der Waals surface area (Å²) in [7, 11) is 0. The molecule has 0 bridgehead atoms. The minimum absolute atomic E-state index is 0.484. The first kappa shape index (κ1) is 13.9. The third-order valence-electron chi connectivity index (χ3n) is 3.66. The van der Waals surface area contributed by atoms with Crippen molar-refractivity contribution in [3.8, 4) is 17.4 Å². The Kier molecular flexibility index (Phi) is 4.06. The predicted molar refractivity (Wildman–Crippen MR) is 81.8 cm³/mol. The van der Waals surface area contributed by atoms with Crippen LogP contribution in [0.5, 0.6) is 17.4 Å². The summed E-state index contributed by atoms with van der Waals surface area (Å²) in [6.45, 7) is 3.02. The lowest BCUT2D eigenvalue weighted by atomic mass is 10.2. The van der Waals surface area contributed by atoms with Crippen LogP contribution in [0.4, 0.5) is 0 Å². The smallest absolute Gasteiger partial charge is 0.219 e. The topological polar surface area (TPSA) is 57.4 Å². The fourth-order valence-corrected chi connectivity index (χ4v) is 2.60. The summed E-state index contributed by atoms with van der Waals surface area (Å²) in [6, 6.07) is 9.80. The first-order chi connectivity index (χ1) is 10.3. The van der Waals surface area contributed by atoms with Gasteiger partial charge in [-0.2, -0.15) is 0 Å². The lowest BCUT2D eigenvalue weighted by molar-refractivity contribution is 0.319. The molecule has 0 fully saturated rings. The highest BCUT2D eigenvalue weighted by atomic mass is 16.5. The molecule has 1 aromatic carbocycles. The number of ether oxygens (including phenoxy) is 2. The Morgan fingerprint density at radius 3 is 2.86 bits per heavy atom. The van der Waals surface area contributed by atoms with Crippen LogP contribution >= 0.6 is 0 Å². The molecule has 4 heteroatoms. The molecule has 4 nitrogen and oxygen atoms in total. The number of benzene rings is 1. The molecule has 1 aliphatic rings. The molecule has 0 radical (unpaired) electrons. The van der Waals surface area contributed by atoms with Crippen LogP contribution in [0.15, 0.2) is 30.3 Å². The van der Waals surface area contributed by atoms with Gasteiger partial charge in [0.1, 0.15) is 0 Å². The summed E-state index contributed by atoms with van der Waals surface area (Å²) in [6.07, 6.45) is 3.34. The van der Waals surface area contributed by atoms with Crippen LogP contribution in [-0.4, -0.2) is 11.6 Å². The van der Waals surface area contributed by atoms with Crippen LogP contribution in [0.2, 0.25) is 0 Å². The number of aryl methyl sites for hydroxylation is 2. The first-order valence-corrected chi connectivity index (χ1v) is 7.42. The standard InChI is InChI=1S/C17H20N2O2/c1-2-20-16-10-12(11-18)6-8-15(16)21-17-9-7-13-4-3-5-14(13)19-17/h6-10H,2-5,11,18H2,1H3. The predicted octanol–water partition coefficient (Wildman–Crippen LogP) is 3.22. The zero-order valence-electron chi connectivity index (χ0n) is 12.3. The highest BCUT2D eigenvalue weighted by Crippen LogP contribution is 2.33.